The van der Waals surface area contributed by atoms with E-state index in [1.807, 2.05) is 0 Å². The molecule has 108 valence electrons. The lowest BCUT2D eigenvalue weighted by Gasteiger charge is -2.21. The van der Waals surface area contributed by atoms with Gasteiger partial charge in [0.1, 0.15) is 12.7 Å². The summed E-state index contributed by atoms with van der Waals surface area (Å²) in [5, 5.41) is 0. The minimum Gasteiger partial charge on any atom is -0.463 e. The Hall–Kier alpha value is -1.70. The summed E-state index contributed by atoms with van der Waals surface area (Å²) in [5.41, 5.74) is 0. The number of ether oxygens (including phenoxy) is 4. The first kappa shape index (κ1) is 15.4. The molecule has 0 unspecified atom stereocenters. The van der Waals surface area contributed by atoms with Crippen molar-refractivity contribution >= 4 is 17.9 Å². The Morgan fingerprint density at radius 3 is 2.00 bits per heavy atom. The van der Waals surface area contributed by atoms with Crippen LogP contribution in [0.5, 0.6) is 0 Å². The minimum absolute atomic E-state index is 0.300. The van der Waals surface area contributed by atoms with Gasteiger partial charge < -0.3 is 18.9 Å². The van der Waals surface area contributed by atoms with Gasteiger partial charge in [-0.2, -0.15) is 0 Å². The zero-order valence-corrected chi connectivity index (χ0v) is 10.8. The van der Waals surface area contributed by atoms with Gasteiger partial charge in [0.15, 0.2) is 12.2 Å². The monoisotopic (exact) mass is 278 g/mol. The zero-order chi connectivity index (χ0) is 14.6. The maximum Gasteiger partial charge on any atom is 0.303 e. The van der Waals surface area contributed by atoms with Crippen LogP contribution in [-0.4, -0.2) is 49.2 Å². The largest absolute Gasteiger partial charge is 0.463 e. The molecule has 0 radical (unpaired) electrons. The number of carbonyl (C=O) groups excluding carboxylic acids is 3. The number of alkyl halides is 1. The minimum atomic E-state index is -1.95. The van der Waals surface area contributed by atoms with Crippen molar-refractivity contribution in [3.63, 3.8) is 0 Å². The van der Waals surface area contributed by atoms with Crippen LogP contribution in [0.1, 0.15) is 20.8 Å². The molecule has 0 aromatic heterocycles. The van der Waals surface area contributed by atoms with Crippen LogP contribution in [0, 0.1) is 0 Å². The molecular formula is C11H15FO7. The van der Waals surface area contributed by atoms with Gasteiger partial charge in [0, 0.05) is 20.8 Å². The molecule has 8 heteroatoms. The molecule has 0 aromatic rings. The SMILES string of the molecule is CC(=O)OC[C@H]1O[C@@H](F)[C@H](OC(C)=O)[C@@H]1OC(C)=O. The van der Waals surface area contributed by atoms with Gasteiger partial charge in [0.2, 0.25) is 6.36 Å². The molecule has 1 aliphatic rings. The van der Waals surface area contributed by atoms with Crippen molar-refractivity contribution in [3.05, 3.63) is 0 Å². The lowest BCUT2D eigenvalue weighted by atomic mass is 10.1. The van der Waals surface area contributed by atoms with Crippen LogP contribution >= 0.6 is 0 Å². The Bertz CT molecular complexity index is 370. The molecular weight excluding hydrogens is 263 g/mol. The summed E-state index contributed by atoms with van der Waals surface area (Å²) in [6, 6.07) is 0. The topological polar surface area (TPSA) is 88.1 Å². The average molecular weight is 278 g/mol. The van der Waals surface area contributed by atoms with Gasteiger partial charge in [-0.05, 0) is 0 Å². The summed E-state index contributed by atoms with van der Waals surface area (Å²) in [7, 11) is 0. The highest BCUT2D eigenvalue weighted by Gasteiger charge is 2.50. The van der Waals surface area contributed by atoms with E-state index in [1.165, 1.54) is 6.92 Å². The van der Waals surface area contributed by atoms with Crippen LogP contribution in [0.2, 0.25) is 0 Å². The number of carbonyl (C=O) groups is 3. The molecule has 4 atom stereocenters. The second-order valence-corrected chi connectivity index (χ2v) is 3.98. The average Bonchev–Trinajstić information content (AvgIpc) is 2.53. The standard InChI is InChI=1S/C11H15FO7/c1-5(13)16-4-8-9(17-6(2)14)10(11(12)19-8)18-7(3)15/h8-11H,4H2,1-3H3/t8-,9-,10-,11-/m1/s1. The molecule has 0 bridgehead atoms. The zero-order valence-electron chi connectivity index (χ0n) is 10.8. The molecule has 1 fully saturated rings. The number of rotatable bonds is 4. The number of hydrogen-bond donors (Lipinski definition) is 0. The van der Waals surface area contributed by atoms with Gasteiger partial charge in [0.05, 0.1) is 0 Å². The van der Waals surface area contributed by atoms with Crippen LogP contribution in [0.25, 0.3) is 0 Å². The fourth-order valence-electron chi connectivity index (χ4n) is 1.66. The summed E-state index contributed by atoms with van der Waals surface area (Å²) in [4.78, 5) is 32.6. The smallest absolute Gasteiger partial charge is 0.303 e. The molecule has 0 N–H and O–H groups in total. The van der Waals surface area contributed by atoms with E-state index < -0.39 is 42.6 Å². The quantitative estimate of drug-likeness (QED) is 0.532. The van der Waals surface area contributed by atoms with Gasteiger partial charge >= 0.3 is 17.9 Å². The third kappa shape index (κ3) is 4.47. The molecule has 7 nitrogen and oxygen atoms in total. The second-order valence-electron chi connectivity index (χ2n) is 3.98. The maximum absolute atomic E-state index is 13.6. The van der Waals surface area contributed by atoms with E-state index in [2.05, 4.69) is 4.74 Å². The van der Waals surface area contributed by atoms with Crippen LogP contribution in [0.4, 0.5) is 4.39 Å². The third-order valence-corrected chi connectivity index (χ3v) is 2.31. The van der Waals surface area contributed by atoms with Gasteiger partial charge in [-0.15, -0.1) is 0 Å². The van der Waals surface area contributed by atoms with Crippen molar-refractivity contribution in [2.45, 2.75) is 45.4 Å². The summed E-state index contributed by atoms with van der Waals surface area (Å²) in [6.07, 6.45) is -5.50. The predicted molar refractivity (Wildman–Crippen MR) is 57.5 cm³/mol. The normalized spacial score (nSPS) is 29.7. The molecule has 0 spiro atoms. The van der Waals surface area contributed by atoms with Crippen LogP contribution in [-0.2, 0) is 33.3 Å². The van der Waals surface area contributed by atoms with Crippen LogP contribution < -0.4 is 0 Å². The highest BCUT2D eigenvalue weighted by Crippen LogP contribution is 2.28. The first-order valence-corrected chi connectivity index (χ1v) is 5.58. The highest BCUT2D eigenvalue weighted by molar-refractivity contribution is 5.67. The molecule has 1 heterocycles. The fraction of sp³-hybridized carbons (Fsp3) is 0.727. The molecule has 1 saturated heterocycles. The molecule has 0 saturated carbocycles. The number of hydrogen-bond acceptors (Lipinski definition) is 7. The summed E-state index contributed by atoms with van der Waals surface area (Å²) < 4.78 is 32.7. The fourth-order valence-corrected chi connectivity index (χ4v) is 1.66. The van der Waals surface area contributed by atoms with E-state index in [0.717, 1.165) is 13.8 Å². The Balaban J connectivity index is 2.76. The lowest BCUT2D eigenvalue weighted by Crippen LogP contribution is -2.40. The van der Waals surface area contributed by atoms with Gasteiger partial charge in [-0.3, -0.25) is 14.4 Å². The Morgan fingerprint density at radius 2 is 1.53 bits per heavy atom. The second kappa shape index (κ2) is 6.46. The number of halogens is 1. The highest BCUT2D eigenvalue weighted by atomic mass is 19.1. The molecule has 1 rings (SSSR count). The molecule has 19 heavy (non-hydrogen) atoms. The first-order valence-electron chi connectivity index (χ1n) is 5.58. The Morgan fingerprint density at radius 1 is 1.00 bits per heavy atom. The van der Waals surface area contributed by atoms with Crippen LogP contribution in [0.3, 0.4) is 0 Å². The summed E-state index contributed by atoms with van der Waals surface area (Å²) in [5.74, 6) is -2.01. The van der Waals surface area contributed by atoms with Gasteiger partial charge in [-0.1, -0.05) is 0 Å². The van der Waals surface area contributed by atoms with Gasteiger partial charge in [-0.25, -0.2) is 4.39 Å². The summed E-state index contributed by atoms with van der Waals surface area (Å²) >= 11 is 0. The lowest BCUT2D eigenvalue weighted by molar-refractivity contribution is -0.167. The van der Waals surface area contributed by atoms with Crippen molar-refractivity contribution in [1.29, 1.82) is 0 Å². The Labute approximate surface area is 108 Å². The van der Waals surface area contributed by atoms with Crippen molar-refractivity contribution in [3.8, 4) is 0 Å². The van der Waals surface area contributed by atoms with Crippen molar-refractivity contribution in [1.82, 2.24) is 0 Å². The van der Waals surface area contributed by atoms with E-state index in [-0.39, 0.29) is 6.61 Å². The molecule has 0 aromatic carbocycles. The van der Waals surface area contributed by atoms with E-state index in [9.17, 15) is 18.8 Å². The van der Waals surface area contributed by atoms with E-state index in [1.54, 1.807) is 0 Å². The van der Waals surface area contributed by atoms with E-state index in [4.69, 9.17) is 14.2 Å². The van der Waals surface area contributed by atoms with Gasteiger partial charge in [0.25, 0.3) is 0 Å². The number of esters is 3. The van der Waals surface area contributed by atoms with Crippen molar-refractivity contribution in [2.75, 3.05) is 6.61 Å². The van der Waals surface area contributed by atoms with Crippen molar-refractivity contribution in [2.24, 2.45) is 0 Å². The van der Waals surface area contributed by atoms with E-state index >= 15 is 0 Å². The van der Waals surface area contributed by atoms with E-state index in [0.29, 0.717) is 0 Å². The predicted octanol–water partition coefficient (Wildman–Crippen LogP) is 0.107. The maximum atomic E-state index is 13.6. The molecule has 0 aliphatic carbocycles. The summed E-state index contributed by atoms with van der Waals surface area (Å²) in [6.45, 7) is 3.09. The molecule has 0 amide bonds. The van der Waals surface area contributed by atoms with Crippen molar-refractivity contribution < 1.29 is 37.7 Å². The Kier molecular flexibility index (Phi) is 5.22. The molecule has 1 aliphatic heterocycles. The first-order chi connectivity index (χ1) is 8.81. The third-order valence-electron chi connectivity index (χ3n) is 2.31. The van der Waals surface area contributed by atoms with Crippen LogP contribution in [0.15, 0.2) is 0 Å².